The molecule has 1 heterocycles. The molecule has 0 bridgehead atoms. The quantitative estimate of drug-likeness (QED) is 0.725. The molecule has 2 aromatic rings. The van der Waals surface area contributed by atoms with Crippen LogP contribution in [0, 0.1) is 0 Å². The average Bonchev–Trinajstić information content (AvgIpc) is 2.96. The van der Waals surface area contributed by atoms with Crippen molar-refractivity contribution in [2.45, 2.75) is 38.8 Å². The maximum Gasteiger partial charge on any atom is 0.262 e. The Morgan fingerprint density at radius 2 is 1.45 bits per heavy atom. The zero-order valence-electron chi connectivity index (χ0n) is 18.2. The van der Waals surface area contributed by atoms with E-state index in [-0.39, 0.29) is 30.0 Å². The number of nitrogens with zero attached hydrogens (tertiary/aromatic N) is 2. The van der Waals surface area contributed by atoms with Crippen LogP contribution < -0.4 is 5.32 Å². The van der Waals surface area contributed by atoms with Crippen LogP contribution in [0.3, 0.4) is 0 Å². The molecule has 4 amide bonds. The molecule has 162 valence electrons. The lowest BCUT2D eigenvalue weighted by Crippen LogP contribution is -2.53. The topological polar surface area (TPSA) is 86.8 Å². The van der Waals surface area contributed by atoms with Gasteiger partial charge in [0.1, 0.15) is 6.04 Å². The molecule has 7 nitrogen and oxygen atoms in total. The molecule has 1 N–H and O–H groups in total. The van der Waals surface area contributed by atoms with Crippen molar-refractivity contribution < 1.29 is 19.2 Å². The molecule has 2 aromatic carbocycles. The minimum atomic E-state index is -1.05. The summed E-state index contributed by atoms with van der Waals surface area (Å²) in [5, 5.41) is 2.81. The van der Waals surface area contributed by atoms with Crippen molar-refractivity contribution >= 4 is 23.6 Å². The summed E-state index contributed by atoms with van der Waals surface area (Å²) < 4.78 is 0. The van der Waals surface area contributed by atoms with Gasteiger partial charge in [0.05, 0.1) is 17.7 Å². The molecule has 1 aliphatic rings. The first-order valence-electron chi connectivity index (χ1n) is 10.2. The van der Waals surface area contributed by atoms with Gasteiger partial charge in [0.25, 0.3) is 11.8 Å². The lowest BCUT2D eigenvalue weighted by molar-refractivity contribution is -0.138. The molecular formula is C24H27N3O4. The van der Waals surface area contributed by atoms with Crippen LogP contribution in [0.15, 0.2) is 54.6 Å². The number of amides is 4. The number of fused-ring (bicyclic) bond motifs is 1. The maximum absolute atomic E-state index is 13.4. The molecule has 0 fully saturated rings. The molecule has 1 atom stereocenters. The lowest BCUT2D eigenvalue weighted by Gasteiger charge is -2.30. The van der Waals surface area contributed by atoms with E-state index in [1.807, 2.05) is 51.1 Å². The molecule has 31 heavy (non-hydrogen) atoms. The predicted molar refractivity (Wildman–Crippen MR) is 116 cm³/mol. The van der Waals surface area contributed by atoms with Crippen molar-refractivity contribution in [3.63, 3.8) is 0 Å². The predicted octanol–water partition coefficient (Wildman–Crippen LogP) is 2.27. The Hall–Kier alpha value is -3.48. The average molecular weight is 421 g/mol. The smallest absolute Gasteiger partial charge is 0.262 e. The van der Waals surface area contributed by atoms with E-state index in [1.165, 1.54) is 11.9 Å². The van der Waals surface area contributed by atoms with Gasteiger partial charge in [0.2, 0.25) is 11.8 Å². The van der Waals surface area contributed by atoms with Gasteiger partial charge in [-0.15, -0.1) is 0 Å². The van der Waals surface area contributed by atoms with Crippen molar-refractivity contribution in [2.24, 2.45) is 0 Å². The van der Waals surface area contributed by atoms with Gasteiger partial charge >= 0.3 is 0 Å². The monoisotopic (exact) mass is 421 g/mol. The number of hydrogen-bond acceptors (Lipinski definition) is 4. The number of rotatable bonds is 6. The summed E-state index contributed by atoms with van der Waals surface area (Å²) in [5.41, 5.74) is 0.940. The first-order valence-corrected chi connectivity index (χ1v) is 10.2. The van der Waals surface area contributed by atoms with Gasteiger partial charge < -0.3 is 10.2 Å². The zero-order chi connectivity index (χ0) is 22.8. The number of imide groups is 1. The molecule has 0 spiro atoms. The standard InChI is InChI=1S/C24H27N3O4/c1-24(2,3)25-20(28)15-26(4)23(31)19(14-16-10-6-5-7-11-16)27-21(29)17-12-8-9-13-18(17)22(27)30/h5-13,19H,14-15H2,1-4H3,(H,25,28)/t19-/m0/s1. The molecule has 0 radical (unpaired) electrons. The summed E-state index contributed by atoms with van der Waals surface area (Å²) in [5.74, 6) is -1.78. The zero-order valence-corrected chi connectivity index (χ0v) is 18.2. The Morgan fingerprint density at radius 1 is 0.935 bits per heavy atom. The Morgan fingerprint density at radius 3 is 1.97 bits per heavy atom. The van der Waals surface area contributed by atoms with E-state index in [4.69, 9.17) is 0 Å². The molecule has 1 aliphatic heterocycles. The summed E-state index contributed by atoms with van der Waals surface area (Å²) in [6.45, 7) is 5.38. The third-order valence-electron chi connectivity index (χ3n) is 4.97. The van der Waals surface area contributed by atoms with Gasteiger partial charge in [0, 0.05) is 19.0 Å². The molecule has 7 heteroatoms. The van der Waals surface area contributed by atoms with Crippen molar-refractivity contribution in [3.8, 4) is 0 Å². The van der Waals surface area contributed by atoms with Crippen molar-refractivity contribution in [1.82, 2.24) is 15.1 Å². The van der Waals surface area contributed by atoms with Crippen LogP contribution in [0.4, 0.5) is 0 Å². The van der Waals surface area contributed by atoms with Crippen LogP contribution in [0.1, 0.15) is 47.1 Å². The van der Waals surface area contributed by atoms with E-state index in [0.717, 1.165) is 10.5 Å². The maximum atomic E-state index is 13.4. The van der Waals surface area contributed by atoms with E-state index in [9.17, 15) is 19.2 Å². The van der Waals surface area contributed by atoms with Gasteiger partial charge in [0.15, 0.2) is 0 Å². The Kier molecular flexibility index (Phi) is 6.24. The molecule has 0 saturated heterocycles. The number of hydrogen-bond donors (Lipinski definition) is 1. The Labute approximate surface area is 182 Å². The summed E-state index contributed by atoms with van der Waals surface area (Å²) in [7, 11) is 1.50. The second-order valence-corrected chi connectivity index (χ2v) is 8.72. The summed E-state index contributed by atoms with van der Waals surface area (Å²) in [6.07, 6.45) is 0.163. The first kappa shape index (κ1) is 22.2. The van der Waals surface area contributed by atoms with Crippen molar-refractivity contribution in [3.05, 3.63) is 71.3 Å². The molecule has 0 aliphatic carbocycles. The van der Waals surface area contributed by atoms with E-state index in [2.05, 4.69) is 5.32 Å². The van der Waals surface area contributed by atoms with Crippen LogP contribution in [0.2, 0.25) is 0 Å². The van der Waals surface area contributed by atoms with Gasteiger partial charge in [-0.1, -0.05) is 42.5 Å². The molecular weight excluding hydrogens is 394 g/mol. The van der Waals surface area contributed by atoms with Gasteiger partial charge in [-0.3, -0.25) is 24.1 Å². The van der Waals surface area contributed by atoms with Gasteiger partial charge in [-0.2, -0.15) is 0 Å². The van der Waals surface area contributed by atoms with Crippen LogP contribution in [-0.4, -0.2) is 58.6 Å². The minimum Gasteiger partial charge on any atom is -0.350 e. The molecule has 0 aromatic heterocycles. The largest absolute Gasteiger partial charge is 0.350 e. The SMILES string of the molecule is CN(CC(=O)NC(C)(C)C)C(=O)[C@H](Cc1ccccc1)N1C(=O)c2ccccc2C1=O. The fourth-order valence-electron chi connectivity index (χ4n) is 3.62. The molecule has 0 unspecified atom stereocenters. The molecule has 3 rings (SSSR count). The third-order valence-corrected chi connectivity index (χ3v) is 4.97. The number of benzene rings is 2. The van der Waals surface area contributed by atoms with E-state index in [0.29, 0.717) is 0 Å². The third kappa shape index (κ3) is 4.99. The Bertz CT molecular complexity index is 976. The van der Waals surface area contributed by atoms with E-state index in [1.54, 1.807) is 24.3 Å². The Balaban J connectivity index is 1.89. The number of carbonyl (C=O) groups is 4. The highest BCUT2D eigenvalue weighted by Crippen LogP contribution is 2.26. The fraction of sp³-hybridized carbons (Fsp3) is 0.333. The van der Waals surface area contributed by atoms with Gasteiger partial charge in [-0.25, -0.2) is 0 Å². The second-order valence-electron chi connectivity index (χ2n) is 8.72. The fourth-order valence-corrected chi connectivity index (χ4v) is 3.62. The second kappa shape index (κ2) is 8.71. The minimum absolute atomic E-state index is 0.163. The lowest BCUT2D eigenvalue weighted by atomic mass is 10.0. The van der Waals surface area contributed by atoms with Crippen molar-refractivity contribution in [1.29, 1.82) is 0 Å². The highest BCUT2D eigenvalue weighted by molar-refractivity contribution is 6.22. The summed E-state index contributed by atoms with van der Waals surface area (Å²) >= 11 is 0. The highest BCUT2D eigenvalue weighted by atomic mass is 16.2. The van der Waals surface area contributed by atoms with Crippen LogP contribution in [0.25, 0.3) is 0 Å². The highest BCUT2D eigenvalue weighted by Gasteiger charge is 2.43. The van der Waals surface area contributed by atoms with E-state index >= 15 is 0 Å². The summed E-state index contributed by atoms with van der Waals surface area (Å²) in [6, 6.07) is 14.7. The van der Waals surface area contributed by atoms with Crippen molar-refractivity contribution in [2.75, 3.05) is 13.6 Å². The number of likely N-dealkylation sites (N-methyl/N-ethyl adjacent to an activating group) is 1. The van der Waals surface area contributed by atoms with Gasteiger partial charge in [-0.05, 0) is 38.5 Å². The summed E-state index contributed by atoms with van der Waals surface area (Å²) in [4.78, 5) is 54.1. The normalized spacial score (nSPS) is 14.3. The van der Waals surface area contributed by atoms with Crippen LogP contribution in [-0.2, 0) is 16.0 Å². The van der Waals surface area contributed by atoms with Crippen LogP contribution >= 0.6 is 0 Å². The number of nitrogens with one attached hydrogen (secondary N) is 1. The first-order chi connectivity index (χ1) is 14.6. The van der Waals surface area contributed by atoms with E-state index < -0.39 is 29.3 Å². The molecule has 0 saturated carbocycles. The number of carbonyl (C=O) groups excluding carboxylic acids is 4. The van der Waals surface area contributed by atoms with Crippen LogP contribution in [0.5, 0.6) is 0 Å².